The number of hydrogen-bond acceptors (Lipinski definition) is 3. The van der Waals surface area contributed by atoms with Gasteiger partial charge < -0.3 is 15.5 Å². The molecule has 1 aromatic carbocycles. The molecule has 1 aliphatic rings. The Balaban J connectivity index is 2.10. The van der Waals surface area contributed by atoms with Crippen LogP contribution in [0.25, 0.3) is 0 Å². The molecule has 1 heterocycles. The van der Waals surface area contributed by atoms with Gasteiger partial charge in [-0.25, -0.2) is 0 Å². The molecule has 0 aromatic heterocycles. The lowest BCUT2D eigenvalue weighted by molar-refractivity contribution is -0.129. The van der Waals surface area contributed by atoms with Crippen molar-refractivity contribution in [3.05, 3.63) is 23.8 Å². The summed E-state index contributed by atoms with van der Waals surface area (Å²) in [7, 11) is 0. The number of carbonyl (C=O) groups excluding carboxylic acids is 1. The highest BCUT2D eigenvalue weighted by molar-refractivity contribution is 5.74. The van der Waals surface area contributed by atoms with Crippen LogP contribution in [-0.4, -0.2) is 37.0 Å². The minimum absolute atomic E-state index is 0.155. The molecule has 0 spiro atoms. The molecule has 1 saturated heterocycles. The first-order valence-corrected chi connectivity index (χ1v) is 5.94. The van der Waals surface area contributed by atoms with Gasteiger partial charge in [0, 0.05) is 33.1 Å². The molecule has 92 valence electrons. The molecule has 1 fully saturated rings. The second kappa shape index (κ2) is 4.65. The Bertz CT molecular complexity index is 423. The van der Waals surface area contributed by atoms with Gasteiger partial charge in [0.25, 0.3) is 0 Å². The number of benzene rings is 1. The highest BCUT2D eigenvalue weighted by Gasteiger charge is 2.19. The van der Waals surface area contributed by atoms with Gasteiger partial charge in [-0.05, 0) is 24.6 Å². The van der Waals surface area contributed by atoms with Crippen LogP contribution < -0.4 is 10.6 Å². The molecule has 0 radical (unpaired) electrons. The fraction of sp³-hybridized carbons (Fsp3) is 0.462. The van der Waals surface area contributed by atoms with Crippen molar-refractivity contribution in [1.82, 2.24) is 4.90 Å². The third kappa shape index (κ3) is 2.52. The predicted octanol–water partition coefficient (Wildman–Crippen LogP) is 1.25. The molecule has 4 heteroatoms. The van der Waals surface area contributed by atoms with Crippen molar-refractivity contribution in [2.24, 2.45) is 0 Å². The fourth-order valence-electron chi connectivity index (χ4n) is 2.19. The van der Waals surface area contributed by atoms with E-state index in [0.717, 1.165) is 37.6 Å². The number of aryl methyl sites for hydroxylation is 1. The zero-order valence-electron chi connectivity index (χ0n) is 10.4. The van der Waals surface area contributed by atoms with Crippen LogP contribution in [0.4, 0.5) is 11.4 Å². The molecule has 0 unspecified atom stereocenters. The van der Waals surface area contributed by atoms with Crippen molar-refractivity contribution in [3.8, 4) is 0 Å². The largest absolute Gasteiger partial charge is 0.397 e. The monoisotopic (exact) mass is 233 g/mol. The van der Waals surface area contributed by atoms with Crippen LogP contribution in [0.3, 0.4) is 0 Å². The van der Waals surface area contributed by atoms with Gasteiger partial charge in [-0.2, -0.15) is 0 Å². The van der Waals surface area contributed by atoms with Gasteiger partial charge in [-0.15, -0.1) is 0 Å². The number of nitrogens with zero attached hydrogens (tertiary/aromatic N) is 2. The van der Waals surface area contributed by atoms with Crippen molar-refractivity contribution in [2.75, 3.05) is 36.8 Å². The quantitative estimate of drug-likeness (QED) is 0.743. The number of nitrogen functional groups attached to an aromatic ring is 1. The number of anilines is 2. The molecule has 2 N–H and O–H groups in total. The maximum absolute atomic E-state index is 11.2. The van der Waals surface area contributed by atoms with E-state index in [1.807, 2.05) is 17.0 Å². The summed E-state index contributed by atoms with van der Waals surface area (Å²) in [6, 6.07) is 6.07. The van der Waals surface area contributed by atoms with Gasteiger partial charge >= 0.3 is 0 Å². The minimum Gasteiger partial charge on any atom is -0.397 e. The van der Waals surface area contributed by atoms with E-state index in [1.165, 1.54) is 5.56 Å². The van der Waals surface area contributed by atoms with E-state index in [2.05, 4.69) is 17.9 Å². The summed E-state index contributed by atoms with van der Waals surface area (Å²) >= 11 is 0. The molecule has 4 nitrogen and oxygen atoms in total. The molecule has 1 amide bonds. The van der Waals surface area contributed by atoms with Crippen molar-refractivity contribution >= 4 is 17.3 Å². The Morgan fingerprint density at radius 3 is 2.47 bits per heavy atom. The highest BCUT2D eigenvalue weighted by Crippen LogP contribution is 2.25. The summed E-state index contributed by atoms with van der Waals surface area (Å²) in [5, 5.41) is 0. The second-order valence-corrected chi connectivity index (χ2v) is 4.56. The van der Waals surface area contributed by atoms with Crippen LogP contribution in [0, 0.1) is 6.92 Å². The summed E-state index contributed by atoms with van der Waals surface area (Å²) < 4.78 is 0. The number of carbonyl (C=O) groups is 1. The molecule has 0 bridgehead atoms. The average Bonchev–Trinajstić information content (AvgIpc) is 2.32. The number of rotatable bonds is 1. The van der Waals surface area contributed by atoms with E-state index in [-0.39, 0.29) is 5.91 Å². The average molecular weight is 233 g/mol. The normalized spacial score (nSPS) is 16.1. The first-order chi connectivity index (χ1) is 8.08. The van der Waals surface area contributed by atoms with Crippen LogP contribution in [-0.2, 0) is 4.79 Å². The van der Waals surface area contributed by atoms with Crippen molar-refractivity contribution in [3.63, 3.8) is 0 Å². The van der Waals surface area contributed by atoms with Gasteiger partial charge in [0.2, 0.25) is 5.91 Å². The molecule has 0 atom stereocenters. The number of hydrogen-bond donors (Lipinski definition) is 1. The summed E-state index contributed by atoms with van der Waals surface area (Å²) in [6.07, 6.45) is 0. The number of amides is 1. The summed E-state index contributed by atoms with van der Waals surface area (Å²) in [5.74, 6) is 0.155. The number of piperazine rings is 1. The standard InChI is InChI=1S/C13H19N3O/c1-10-3-4-12(14)13(9-10)16-7-5-15(6-8-16)11(2)17/h3-4,9H,5-8,14H2,1-2H3. The van der Waals surface area contributed by atoms with Crippen LogP contribution >= 0.6 is 0 Å². The smallest absolute Gasteiger partial charge is 0.219 e. The Kier molecular flexibility index (Phi) is 3.22. The van der Waals surface area contributed by atoms with E-state index in [0.29, 0.717) is 0 Å². The topological polar surface area (TPSA) is 49.6 Å². The van der Waals surface area contributed by atoms with E-state index in [1.54, 1.807) is 6.92 Å². The van der Waals surface area contributed by atoms with Gasteiger partial charge in [-0.3, -0.25) is 4.79 Å². The lowest BCUT2D eigenvalue weighted by atomic mass is 10.1. The van der Waals surface area contributed by atoms with Crippen LogP contribution in [0.2, 0.25) is 0 Å². The van der Waals surface area contributed by atoms with Crippen LogP contribution in [0.1, 0.15) is 12.5 Å². The van der Waals surface area contributed by atoms with Crippen molar-refractivity contribution in [1.29, 1.82) is 0 Å². The van der Waals surface area contributed by atoms with Gasteiger partial charge in [-0.1, -0.05) is 6.07 Å². The second-order valence-electron chi connectivity index (χ2n) is 4.56. The maximum Gasteiger partial charge on any atom is 0.219 e. The minimum atomic E-state index is 0.155. The Morgan fingerprint density at radius 2 is 1.88 bits per heavy atom. The highest BCUT2D eigenvalue weighted by atomic mass is 16.2. The summed E-state index contributed by atoms with van der Waals surface area (Å²) in [6.45, 7) is 6.96. The molecule has 0 saturated carbocycles. The molecular weight excluding hydrogens is 214 g/mol. The predicted molar refractivity (Wildman–Crippen MR) is 70.1 cm³/mol. The molecule has 0 aliphatic carbocycles. The van der Waals surface area contributed by atoms with E-state index < -0.39 is 0 Å². The third-order valence-corrected chi connectivity index (χ3v) is 3.25. The summed E-state index contributed by atoms with van der Waals surface area (Å²) in [5.41, 5.74) is 9.11. The fourth-order valence-corrected chi connectivity index (χ4v) is 2.19. The maximum atomic E-state index is 11.2. The van der Waals surface area contributed by atoms with Gasteiger partial charge in [0.05, 0.1) is 11.4 Å². The Morgan fingerprint density at radius 1 is 1.24 bits per heavy atom. The van der Waals surface area contributed by atoms with Crippen LogP contribution in [0.5, 0.6) is 0 Å². The van der Waals surface area contributed by atoms with E-state index >= 15 is 0 Å². The van der Waals surface area contributed by atoms with Crippen molar-refractivity contribution < 1.29 is 4.79 Å². The zero-order chi connectivity index (χ0) is 12.4. The summed E-state index contributed by atoms with van der Waals surface area (Å²) in [4.78, 5) is 15.4. The SMILES string of the molecule is CC(=O)N1CCN(c2cc(C)ccc2N)CC1. The Labute approximate surface area is 102 Å². The first-order valence-electron chi connectivity index (χ1n) is 5.94. The van der Waals surface area contributed by atoms with E-state index in [4.69, 9.17) is 5.73 Å². The van der Waals surface area contributed by atoms with Crippen molar-refractivity contribution in [2.45, 2.75) is 13.8 Å². The number of nitrogens with two attached hydrogens (primary N) is 1. The molecule has 1 aliphatic heterocycles. The van der Waals surface area contributed by atoms with E-state index in [9.17, 15) is 4.79 Å². The molecule has 2 rings (SSSR count). The first kappa shape index (κ1) is 11.8. The molecular formula is C13H19N3O. The Hall–Kier alpha value is -1.71. The third-order valence-electron chi connectivity index (χ3n) is 3.25. The lowest BCUT2D eigenvalue weighted by Crippen LogP contribution is -2.48. The lowest BCUT2D eigenvalue weighted by Gasteiger charge is -2.36. The van der Waals surface area contributed by atoms with Gasteiger partial charge in [0.1, 0.15) is 0 Å². The van der Waals surface area contributed by atoms with Gasteiger partial charge in [0.15, 0.2) is 0 Å². The molecule has 1 aromatic rings. The zero-order valence-corrected chi connectivity index (χ0v) is 10.4. The molecule has 17 heavy (non-hydrogen) atoms. The van der Waals surface area contributed by atoms with Crippen LogP contribution in [0.15, 0.2) is 18.2 Å².